The molecule has 4 rings (SSSR count). The van der Waals surface area contributed by atoms with Gasteiger partial charge >= 0.3 is 6.09 Å². The van der Waals surface area contributed by atoms with Crippen molar-refractivity contribution in [1.82, 2.24) is 20.6 Å². The minimum absolute atomic E-state index is 0.147. The summed E-state index contributed by atoms with van der Waals surface area (Å²) in [7, 11) is 1.59. The molecular formula is C31H44N6O4. The van der Waals surface area contributed by atoms with Crippen LogP contribution in [0.25, 0.3) is 11.0 Å². The molecule has 3 aromatic rings. The van der Waals surface area contributed by atoms with Crippen molar-refractivity contribution >= 4 is 34.3 Å². The van der Waals surface area contributed by atoms with Crippen LogP contribution in [0, 0.1) is 5.92 Å². The molecule has 1 aliphatic rings. The van der Waals surface area contributed by atoms with Gasteiger partial charge in [-0.2, -0.15) is 0 Å². The van der Waals surface area contributed by atoms with Gasteiger partial charge in [0.1, 0.15) is 22.9 Å². The standard InChI is InChI=1S/C31H44N6O4/c1-21(2)32-11-14-37(24-15-25(38)18-26(16-24)40-6)23-7-8-27-28(17-23)35-29(20-33-27)36-12-9-22(10-13-36)19-34-30(39)41-31(3,4)5/h7-8,15-18,20-22,32,38H,9-14,19H2,1-6H3,(H,34,39). The number of amides is 1. The van der Waals surface area contributed by atoms with Crippen LogP contribution in [-0.2, 0) is 4.74 Å². The Balaban J connectivity index is 1.49. The molecule has 0 atom stereocenters. The molecule has 0 spiro atoms. The van der Waals surface area contributed by atoms with Crippen LogP contribution in [0.3, 0.4) is 0 Å². The van der Waals surface area contributed by atoms with E-state index in [2.05, 4.69) is 40.3 Å². The van der Waals surface area contributed by atoms with E-state index >= 15 is 0 Å². The molecule has 1 aromatic heterocycles. The van der Waals surface area contributed by atoms with Crippen LogP contribution in [0.2, 0.25) is 0 Å². The summed E-state index contributed by atoms with van der Waals surface area (Å²) >= 11 is 0. The van der Waals surface area contributed by atoms with Crippen LogP contribution >= 0.6 is 0 Å². The molecule has 41 heavy (non-hydrogen) atoms. The van der Waals surface area contributed by atoms with E-state index in [4.69, 9.17) is 19.4 Å². The second-order valence-electron chi connectivity index (χ2n) is 11.9. The minimum atomic E-state index is -0.500. The number of aromatic hydroxyl groups is 1. The highest BCUT2D eigenvalue weighted by Crippen LogP contribution is 2.33. The van der Waals surface area contributed by atoms with Crippen LogP contribution in [-0.4, -0.2) is 72.6 Å². The van der Waals surface area contributed by atoms with Crippen LogP contribution in [0.5, 0.6) is 11.5 Å². The predicted octanol–water partition coefficient (Wildman–Crippen LogP) is 5.22. The Bertz CT molecular complexity index is 1320. The number of methoxy groups -OCH3 is 1. The highest BCUT2D eigenvalue weighted by molar-refractivity contribution is 5.82. The summed E-state index contributed by atoms with van der Waals surface area (Å²) in [5.74, 6) is 1.98. The number of piperidine rings is 1. The molecule has 1 amide bonds. The second-order valence-corrected chi connectivity index (χ2v) is 11.9. The maximum atomic E-state index is 12.0. The zero-order chi connectivity index (χ0) is 29.6. The number of rotatable bonds is 10. The number of nitrogens with one attached hydrogen (secondary N) is 2. The van der Waals surface area contributed by atoms with Gasteiger partial charge in [-0.05, 0) is 57.7 Å². The zero-order valence-electron chi connectivity index (χ0n) is 25.1. The number of carbonyl (C=O) groups is 1. The molecule has 10 heteroatoms. The summed E-state index contributed by atoms with van der Waals surface area (Å²) in [5, 5.41) is 16.7. The largest absolute Gasteiger partial charge is 0.508 e. The lowest BCUT2D eigenvalue weighted by molar-refractivity contribution is 0.0516. The number of ether oxygens (including phenoxy) is 2. The highest BCUT2D eigenvalue weighted by Gasteiger charge is 2.23. The van der Waals surface area contributed by atoms with Gasteiger partial charge in [-0.3, -0.25) is 4.98 Å². The van der Waals surface area contributed by atoms with E-state index in [0.717, 1.165) is 60.7 Å². The summed E-state index contributed by atoms with van der Waals surface area (Å²) < 4.78 is 10.8. The van der Waals surface area contributed by atoms with E-state index in [1.54, 1.807) is 19.2 Å². The summed E-state index contributed by atoms with van der Waals surface area (Å²) in [6, 6.07) is 11.7. The Hall–Kier alpha value is -3.79. The second kappa shape index (κ2) is 13.2. The fourth-order valence-corrected chi connectivity index (χ4v) is 4.93. The fourth-order valence-electron chi connectivity index (χ4n) is 4.93. The van der Waals surface area contributed by atoms with Crippen molar-refractivity contribution in [3.63, 3.8) is 0 Å². The molecule has 0 radical (unpaired) electrons. The first-order chi connectivity index (χ1) is 19.5. The molecular weight excluding hydrogens is 520 g/mol. The zero-order valence-corrected chi connectivity index (χ0v) is 25.1. The molecule has 0 unspecified atom stereocenters. The maximum Gasteiger partial charge on any atom is 0.407 e. The lowest BCUT2D eigenvalue weighted by Gasteiger charge is -2.33. The van der Waals surface area contributed by atoms with Crippen LogP contribution in [0.4, 0.5) is 22.0 Å². The summed E-state index contributed by atoms with van der Waals surface area (Å²) in [4.78, 5) is 26.1. The molecule has 0 aliphatic carbocycles. The Morgan fingerprint density at radius 2 is 1.88 bits per heavy atom. The molecule has 2 aromatic carbocycles. The molecule has 222 valence electrons. The van der Waals surface area contributed by atoms with E-state index in [0.29, 0.717) is 30.8 Å². The number of phenols is 1. The molecule has 3 N–H and O–H groups in total. The number of phenolic OH excluding ortho intramolecular Hbond substituents is 1. The fraction of sp³-hybridized carbons (Fsp3) is 0.516. The summed E-state index contributed by atoms with van der Waals surface area (Å²) in [6.07, 6.45) is 3.37. The lowest BCUT2D eigenvalue weighted by atomic mass is 9.97. The number of hydrogen-bond donors (Lipinski definition) is 3. The molecule has 1 fully saturated rings. The van der Waals surface area contributed by atoms with Crippen molar-refractivity contribution in [2.45, 2.75) is 59.1 Å². The van der Waals surface area contributed by atoms with Crippen molar-refractivity contribution in [2.24, 2.45) is 5.92 Å². The van der Waals surface area contributed by atoms with Gasteiger partial charge < -0.3 is 35.0 Å². The van der Waals surface area contributed by atoms with Crippen LogP contribution in [0.15, 0.2) is 42.6 Å². The molecule has 1 saturated heterocycles. The van der Waals surface area contributed by atoms with Crippen molar-refractivity contribution in [1.29, 1.82) is 0 Å². The third kappa shape index (κ3) is 8.60. The molecule has 1 aliphatic heterocycles. The van der Waals surface area contributed by atoms with Crippen molar-refractivity contribution in [3.05, 3.63) is 42.6 Å². The average molecular weight is 565 g/mol. The Kier molecular flexibility index (Phi) is 9.75. The SMILES string of the molecule is COc1cc(O)cc(N(CCNC(C)C)c2ccc3ncc(N4CCC(CNC(=O)OC(C)(C)C)CC4)nc3c2)c1. The first-order valence-electron chi connectivity index (χ1n) is 14.4. The van der Waals surface area contributed by atoms with Gasteiger partial charge in [-0.15, -0.1) is 0 Å². The third-order valence-electron chi connectivity index (χ3n) is 7.01. The molecule has 0 bridgehead atoms. The van der Waals surface area contributed by atoms with E-state index in [1.807, 2.05) is 45.2 Å². The predicted molar refractivity (Wildman–Crippen MR) is 164 cm³/mol. The molecule has 0 saturated carbocycles. The van der Waals surface area contributed by atoms with Crippen molar-refractivity contribution in [3.8, 4) is 11.5 Å². The Morgan fingerprint density at radius 1 is 1.12 bits per heavy atom. The van der Waals surface area contributed by atoms with E-state index < -0.39 is 5.60 Å². The number of hydrogen-bond acceptors (Lipinski definition) is 9. The summed E-state index contributed by atoms with van der Waals surface area (Å²) in [5.41, 5.74) is 2.91. The average Bonchev–Trinajstić information content (AvgIpc) is 2.92. The van der Waals surface area contributed by atoms with Gasteiger partial charge in [0.15, 0.2) is 0 Å². The Morgan fingerprint density at radius 3 is 2.56 bits per heavy atom. The van der Waals surface area contributed by atoms with E-state index in [9.17, 15) is 9.90 Å². The minimum Gasteiger partial charge on any atom is -0.508 e. The number of carbonyl (C=O) groups excluding carboxylic acids is 1. The smallest absolute Gasteiger partial charge is 0.407 e. The van der Waals surface area contributed by atoms with Gasteiger partial charge in [0, 0.05) is 68.3 Å². The first kappa shape index (κ1) is 30.2. The number of nitrogens with zero attached hydrogens (tertiary/aromatic N) is 4. The highest BCUT2D eigenvalue weighted by atomic mass is 16.6. The normalized spacial score (nSPS) is 14.4. The van der Waals surface area contributed by atoms with E-state index in [1.165, 1.54) is 0 Å². The quantitative estimate of drug-likeness (QED) is 0.305. The van der Waals surface area contributed by atoms with Crippen LogP contribution in [0.1, 0.15) is 47.5 Å². The van der Waals surface area contributed by atoms with Crippen molar-refractivity contribution in [2.75, 3.05) is 49.6 Å². The number of alkyl carbamates (subject to hydrolysis) is 1. The number of fused-ring (bicyclic) bond motifs is 1. The van der Waals surface area contributed by atoms with Gasteiger partial charge in [-0.1, -0.05) is 13.8 Å². The third-order valence-corrected chi connectivity index (χ3v) is 7.01. The molecule has 10 nitrogen and oxygen atoms in total. The molecule has 2 heterocycles. The van der Waals surface area contributed by atoms with Crippen LogP contribution < -0.4 is 25.2 Å². The van der Waals surface area contributed by atoms with E-state index in [-0.39, 0.29) is 11.8 Å². The number of aromatic nitrogens is 2. The Labute approximate surface area is 243 Å². The van der Waals surface area contributed by atoms with Gasteiger partial charge in [-0.25, -0.2) is 9.78 Å². The maximum absolute atomic E-state index is 12.0. The lowest BCUT2D eigenvalue weighted by Crippen LogP contribution is -2.40. The van der Waals surface area contributed by atoms with Gasteiger partial charge in [0.05, 0.1) is 24.3 Å². The van der Waals surface area contributed by atoms with Gasteiger partial charge in [0.25, 0.3) is 0 Å². The first-order valence-corrected chi connectivity index (χ1v) is 14.4. The number of anilines is 3. The summed E-state index contributed by atoms with van der Waals surface area (Å²) in [6.45, 7) is 13.6. The monoisotopic (exact) mass is 564 g/mol. The number of benzene rings is 2. The van der Waals surface area contributed by atoms with Crippen molar-refractivity contribution < 1.29 is 19.4 Å². The topological polar surface area (TPSA) is 112 Å². The van der Waals surface area contributed by atoms with Gasteiger partial charge in [0.2, 0.25) is 0 Å².